The topological polar surface area (TPSA) is 49.4 Å². The molecule has 4 nitrogen and oxygen atoms in total. The highest BCUT2D eigenvalue weighted by atomic mass is 35.5. The average molecular weight is 275 g/mol. The molecule has 0 radical (unpaired) electrons. The van der Waals surface area contributed by atoms with Gasteiger partial charge in [-0.3, -0.25) is 10.1 Å². The number of hydrogen-bond donors (Lipinski definition) is 1. The monoisotopic (exact) mass is 274 g/mol. The Hall–Kier alpha value is -0.980. The van der Waals surface area contributed by atoms with Gasteiger partial charge in [0.2, 0.25) is 5.91 Å². The highest BCUT2D eigenvalue weighted by molar-refractivity contribution is 6.31. The Morgan fingerprint density at radius 3 is 2.29 bits per heavy atom. The lowest BCUT2D eigenvalue weighted by Gasteiger charge is -2.23. The van der Waals surface area contributed by atoms with E-state index in [9.17, 15) is 22.8 Å². The Balaban J connectivity index is 4.50. The van der Waals surface area contributed by atoms with E-state index in [1.807, 2.05) is 0 Å². The van der Waals surface area contributed by atoms with Gasteiger partial charge in [-0.25, -0.2) is 4.79 Å². The number of nitrogens with one attached hydrogen (secondary N) is 1. The summed E-state index contributed by atoms with van der Waals surface area (Å²) in [5.74, 6) is -0.819. The van der Waals surface area contributed by atoms with Crippen LogP contribution in [0.2, 0.25) is 0 Å². The Labute approximate surface area is 102 Å². The van der Waals surface area contributed by atoms with Gasteiger partial charge in [0.25, 0.3) is 0 Å². The lowest BCUT2D eigenvalue weighted by molar-refractivity contribution is -0.140. The third-order valence-electron chi connectivity index (χ3n) is 1.74. The molecule has 0 saturated carbocycles. The first kappa shape index (κ1) is 16.0. The Morgan fingerprint density at radius 1 is 1.41 bits per heavy atom. The maximum Gasteiger partial charge on any atom is 0.406 e. The molecular formula is C9H14ClF3N2O2. The van der Waals surface area contributed by atoms with Crippen molar-refractivity contribution in [3.05, 3.63) is 0 Å². The Kier molecular flexibility index (Phi) is 6.30. The highest BCUT2D eigenvalue weighted by Crippen LogP contribution is 2.16. The standard InChI is InChI=1S/C9H14ClF3N2O2/c1-3-4-15(5-9(11,12)13)8(17)14-7(16)6(2)10/h6H,3-5H2,1-2H3,(H,14,16,17). The Morgan fingerprint density at radius 2 is 1.94 bits per heavy atom. The molecule has 0 spiro atoms. The molecule has 0 aromatic carbocycles. The molecule has 17 heavy (non-hydrogen) atoms. The van der Waals surface area contributed by atoms with E-state index in [-0.39, 0.29) is 6.54 Å². The first-order valence-corrected chi connectivity index (χ1v) is 5.41. The fourth-order valence-corrected chi connectivity index (χ4v) is 1.08. The summed E-state index contributed by atoms with van der Waals surface area (Å²) >= 11 is 5.38. The number of imide groups is 1. The number of carbonyl (C=O) groups excluding carboxylic acids is 2. The molecule has 8 heteroatoms. The van der Waals surface area contributed by atoms with Crippen molar-refractivity contribution in [2.45, 2.75) is 31.8 Å². The molecule has 0 aliphatic rings. The van der Waals surface area contributed by atoms with Crippen LogP contribution in [0.25, 0.3) is 0 Å². The van der Waals surface area contributed by atoms with E-state index in [1.54, 1.807) is 12.2 Å². The summed E-state index contributed by atoms with van der Waals surface area (Å²) in [5, 5.41) is 0.825. The van der Waals surface area contributed by atoms with Crippen LogP contribution < -0.4 is 5.32 Å². The van der Waals surface area contributed by atoms with Crippen molar-refractivity contribution in [1.29, 1.82) is 0 Å². The van der Waals surface area contributed by atoms with Gasteiger partial charge in [0.05, 0.1) is 0 Å². The molecule has 0 aromatic rings. The third kappa shape index (κ3) is 7.04. The number of carbonyl (C=O) groups is 2. The van der Waals surface area contributed by atoms with Crippen LogP contribution in [0.1, 0.15) is 20.3 Å². The van der Waals surface area contributed by atoms with E-state index in [4.69, 9.17) is 11.6 Å². The smallest absolute Gasteiger partial charge is 0.315 e. The molecule has 1 N–H and O–H groups in total. The molecule has 0 aliphatic heterocycles. The summed E-state index contributed by atoms with van der Waals surface area (Å²) in [6, 6.07) is -1.08. The van der Waals surface area contributed by atoms with Crippen LogP contribution in [0, 0.1) is 0 Å². The number of rotatable bonds is 4. The van der Waals surface area contributed by atoms with Crippen molar-refractivity contribution in [2.24, 2.45) is 0 Å². The van der Waals surface area contributed by atoms with E-state index in [1.165, 1.54) is 6.92 Å². The quantitative estimate of drug-likeness (QED) is 0.799. The van der Waals surface area contributed by atoms with Crippen molar-refractivity contribution in [3.63, 3.8) is 0 Å². The molecule has 1 atom stereocenters. The van der Waals surface area contributed by atoms with Gasteiger partial charge in [-0.15, -0.1) is 11.6 Å². The summed E-state index contributed by atoms with van der Waals surface area (Å²) in [5.41, 5.74) is 0. The molecule has 100 valence electrons. The summed E-state index contributed by atoms with van der Waals surface area (Å²) < 4.78 is 36.5. The normalized spacial score (nSPS) is 13.1. The van der Waals surface area contributed by atoms with Crippen molar-refractivity contribution in [2.75, 3.05) is 13.1 Å². The van der Waals surface area contributed by atoms with Gasteiger partial charge in [0.15, 0.2) is 0 Å². The predicted octanol–water partition coefficient (Wildman–Crippen LogP) is 2.12. The highest BCUT2D eigenvalue weighted by Gasteiger charge is 2.33. The summed E-state index contributed by atoms with van der Waals surface area (Å²) in [4.78, 5) is 22.9. The van der Waals surface area contributed by atoms with E-state index in [0.29, 0.717) is 11.3 Å². The van der Waals surface area contributed by atoms with Gasteiger partial charge in [-0.2, -0.15) is 13.2 Å². The van der Waals surface area contributed by atoms with E-state index < -0.39 is 30.0 Å². The maximum atomic E-state index is 12.2. The van der Waals surface area contributed by atoms with Crippen LogP contribution in [0.5, 0.6) is 0 Å². The summed E-state index contributed by atoms with van der Waals surface area (Å²) in [7, 11) is 0. The molecule has 0 rings (SSSR count). The lowest BCUT2D eigenvalue weighted by Crippen LogP contribution is -2.48. The predicted molar refractivity (Wildman–Crippen MR) is 56.8 cm³/mol. The third-order valence-corrected chi connectivity index (χ3v) is 1.94. The second-order valence-electron chi connectivity index (χ2n) is 3.45. The number of nitrogens with zero attached hydrogens (tertiary/aromatic N) is 1. The second-order valence-corrected chi connectivity index (χ2v) is 4.10. The number of urea groups is 1. The largest absolute Gasteiger partial charge is 0.406 e. The molecule has 0 aromatic heterocycles. The second kappa shape index (κ2) is 6.68. The molecule has 3 amide bonds. The minimum atomic E-state index is -4.50. The van der Waals surface area contributed by atoms with Gasteiger partial charge in [0, 0.05) is 6.54 Å². The minimum Gasteiger partial charge on any atom is -0.315 e. The van der Waals surface area contributed by atoms with Crippen LogP contribution in [0.4, 0.5) is 18.0 Å². The number of amides is 3. The van der Waals surface area contributed by atoms with E-state index in [2.05, 4.69) is 0 Å². The molecular weight excluding hydrogens is 261 g/mol. The van der Waals surface area contributed by atoms with Gasteiger partial charge in [-0.05, 0) is 13.3 Å². The average Bonchev–Trinajstić information content (AvgIpc) is 2.14. The van der Waals surface area contributed by atoms with Crippen molar-refractivity contribution >= 4 is 23.5 Å². The molecule has 1 unspecified atom stereocenters. The fourth-order valence-electron chi connectivity index (χ4n) is 1.02. The fraction of sp³-hybridized carbons (Fsp3) is 0.778. The SMILES string of the molecule is CCCN(CC(F)(F)F)C(=O)NC(=O)C(C)Cl. The zero-order valence-corrected chi connectivity index (χ0v) is 10.2. The van der Waals surface area contributed by atoms with Crippen LogP contribution >= 0.6 is 11.6 Å². The van der Waals surface area contributed by atoms with Crippen molar-refractivity contribution in [1.82, 2.24) is 10.2 Å². The van der Waals surface area contributed by atoms with Crippen molar-refractivity contribution in [3.8, 4) is 0 Å². The van der Waals surface area contributed by atoms with E-state index in [0.717, 1.165) is 0 Å². The zero-order chi connectivity index (χ0) is 13.6. The van der Waals surface area contributed by atoms with Gasteiger partial charge in [0.1, 0.15) is 11.9 Å². The molecule has 0 aliphatic carbocycles. The van der Waals surface area contributed by atoms with Crippen LogP contribution in [0.3, 0.4) is 0 Å². The first-order chi connectivity index (χ1) is 7.67. The van der Waals surface area contributed by atoms with Crippen LogP contribution in [-0.2, 0) is 4.79 Å². The number of halogens is 4. The lowest BCUT2D eigenvalue weighted by atomic mass is 10.4. The molecule has 0 saturated heterocycles. The molecule has 0 fully saturated rings. The van der Waals surface area contributed by atoms with E-state index >= 15 is 0 Å². The van der Waals surface area contributed by atoms with Crippen LogP contribution in [-0.4, -0.2) is 41.5 Å². The van der Waals surface area contributed by atoms with Crippen LogP contribution in [0.15, 0.2) is 0 Å². The van der Waals surface area contributed by atoms with Gasteiger partial charge >= 0.3 is 12.2 Å². The van der Waals surface area contributed by atoms with Crippen molar-refractivity contribution < 1.29 is 22.8 Å². The number of alkyl halides is 4. The molecule has 0 bridgehead atoms. The minimum absolute atomic E-state index is 0.0880. The Bertz CT molecular complexity index is 282. The van der Waals surface area contributed by atoms with Gasteiger partial charge in [-0.1, -0.05) is 6.92 Å². The maximum absolute atomic E-state index is 12.2. The molecule has 0 heterocycles. The summed E-state index contributed by atoms with van der Waals surface area (Å²) in [6.45, 7) is 1.46. The number of hydrogen-bond acceptors (Lipinski definition) is 2. The summed E-state index contributed by atoms with van der Waals surface area (Å²) in [6.07, 6.45) is -4.14. The first-order valence-electron chi connectivity index (χ1n) is 4.98. The van der Waals surface area contributed by atoms with Gasteiger partial charge < -0.3 is 4.90 Å². The zero-order valence-electron chi connectivity index (χ0n) is 9.47.